The van der Waals surface area contributed by atoms with E-state index in [1.807, 2.05) is 24.8 Å². The van der Waals surface area contributed by atoms with Crippen LogP contribution in [0.1, 0.15) is 63.3 Å². The average molecular weight is 656 g/mol. The molecule has 6 aromatic rings. The zero-order valence-corrected chi connectivity index (χ0v) is 28.0. The van der Waals surface area contributed by atoms with E-state index in [2.05, 4.69) is 87.3 Å². The highest BCUT2D eigenvalue weighted by molar-refractivity contribution is 5.93. The van der Waals surface area contributed by atoms with E-state index in [9.17, 15) is 9.59 Å². The predicted molar refractivity (Wildman–Crippen MR) is 192 cm³/mol. The average Bonchev–Trinajstić information content (AvgIpc) is 3.94. The van der Waals surface area contributed by atoms with Crippen LogP contribution in [0.4, 0.5) is 4.79 Å². The van der Waals surface area contributed by atoms with E-state index >= 15 is 0 Å². The van der Waals surface area contributed by atoms with Crippen LogP contribution in [0.25, 0.3) is 55.1 Å². The Morgan fingerprint density at radius 1 is 0.796 bits per heavy atom. The van der Waals surface area contributed by atoms with Gasteiger partial charge in [-0.05, 0) is 108 Å². The molecule has 2 aliphatic rings. The number of benzene rings is 4. The quantitative estimate of drug-likeness (QED) is 0.142. The van der Waals surface area contributed by atoms with Gasteiger partial charge in [-0.15, -0.1) is 0 Å². The van der Waals surface area contributed by atoms with Crippen molar-refractivity contribution in [2.75, 3.05) is 20.2 Å². The molecule has 2 fully saturated rings. The minimum absolute atomic E-state index is 0.0848. The maximum absolute atomic E-state index is 13.6. The van der Waals surface area contributed by atoms with Crippen molar-refractivity contribution >= 4 is 44.8 Å². The van der Waals surface area contributed by atoms with Gasteiger partial charge in [0.2, 0.25) is 5.91 Å². The molecule has 4 heterocycles. The van der Waals surface area contributed by atoms with Crippen LogP contribution >= 0.6 is 0 Å². The number of fused-ring (bicyclic) bond motifs is 3. The number of imidazole rings is 2. The molecule has 0 aliphatic carbocycles. The van der Waals surface area contributed by atoms with Crippen LogP contribution in [-0.2, 0) is 9.53 Å². The fourth-order valence-electron chi connectivity index (χ4n) is 7.46. The van der Waals surface area contributed by atoms with Crippen molar-refractivity contribution in [3.63, 3.8) is 0 Å². The van der Waals surface area contributed by atoms with Crippen molar-refractivity contribution in [1.29, 1.82) is 0 Å². The third-order valence-corrected chi connectivity index (χ3v) is 10.1. The number of nitrogens with one attached hydrogen (secondary N) is 4. The van der Waals surface area contributed by atoms with Gasteiger partial charge in [0.15, 0.2) is 0 Å². The van der Waals surface area contributed by atoms with Gasteiger partial charge in [0.25, 0.3) is 0 Å². The van der Waals surface area contributed by atoms with E-state index in [1.165, 1.54) is 29.9 Å². The maximum Gasteiger partial charge on any atom is 0.407 e. The van der Waals surface area contributed by atoms with Gasteiger partial charge in [0.1, 0.15) is 17.7 Å². The fourth-order valence-corrected chi connectivity index (χ4v) is 7.46. The topological polar surface area (TPSA) is 128 Å². The summed E-state index contributed by atoms with van der Waals surface area (Å²) in [6.45, 7) is 5.51. The molecule has 0 spiro atoms. The Balaban J connectivity index is 1.03. The summed E-state index contributed by atoms with van der Waals surface area (Å²) >= 11 is 0. The number of hydrogen-bond donors (Lipinski definition) is 4. The molecule has 3 atom stereocenters. The zero-order valence-electron chi connectivity index (χ0n) is 28.0. The molecule has 49 heavy (non-hydrogen) atoms. The normalized spacial score (nSPS) is 18.6. The number of carbonyl (C=O) groups is 2. The molecule has 4 N–H and O–H groups in total. The van der Waals surface area contributed by atoms with Gasteiger partial charge in [0, 0.05) is 6.54 Å². The van der Waals surface area contributed by atoms with Gasteiger partial charge in [0.05, 0.1) is 41.3 Å². The van der Waals surface area contributed by atoms with Gasteiger partial charge in [-0.25, -0.2) is 14.8 Å². The minimum Gasteiger partial charge on any atom is -0.453 e. The lowest BCUT2D eigenvalue weighted by Gasteiger charge is -2.29. The summed E-state index contributed by atoms with van der Waals surface area (Å²) < 4.78 is 4.77. The molecule has 0 saturated carbocycles. The van der Waals surface area contributed by atoms with Gasteiger partial charge >= 0.3 is 6.09 Å². The molecule has 0 radical (unpaired) electrons. The van der Waals surface area contributed by atoms with E-state index in [0.717, 1.165) is 76.2 Å². The van der Waals surface area contributed by atoms with Gasteiger partial charge in [-0.1, -0.05) is 50.2 Å². The SMILES string of the molecule is COC(=O)N[C@H](C(=O)N1CCC[C@H]1c1nc2ccc(-c3ccc4cc(-c5ccc6nc([C@@H]7CCCN7)[nH]c6c5)ccc4c3)cc2[nH]1)C(C)C. The van der Waals surface area contributed by atoms with Gasteiger partial charge in [-0.3, -0.25) is 4.79 Å². The second kappa shape index (κ2) is 12.7. The molecule has 10 heteroatoms. The molecule has 0 unspecified atom stereocenters. The minimum atomic E-state index is -0.666. The highest BCUT2D eigenvalue weighted by Gasteiger charge is 2.37. The molecular formula is C39H41N7O3. The van der Waals surface area contributed by atoms with Crippen LogP contribution in [0.15, 0.2) is 72.8 Å². The number of carbonyl (C=O) groups excluding carboxylic acids is 2. The van der Waals surface area contributed by atoms with Crippen LogP contribution in [0, 0.1) is 5.92 Å². The fraction of sp³-hybridized carbons (Fsp3) is 0.333. The van der Waals surface area contributed by atoms with Crippen LogP contribution in [-0.4, -0.2) is 63.1 Å². The summed E-state index contributed by atoms with van der Waals surface area (Å²) in [5.74, 6) is 1.60. The second-order valence-electron chi connectivity index (χ2n) is 13.7. The van der Waals surface area contributed by atoms with E-state index in [-0.39, 0.29) is 17.9 Å². The lowest BCUT2D eigenvalue weighted by molar-refractivity contribution is -0.135. The summed E-state index contributed by atoms with van der Waals surface area (Å²) in [4.78, 5) is 44.2. The third kappa shape index (κ3) is 5.90. The molecule has 2 saturated heterocycles. The largest absolute Gasteiger partial charge is 0.453 e. The van der Waals surface area contributed by atoms with Crippen molar-refractivity contribution in [1.82, 2.24) is 35.5 Å². The number of H-pyrrole nitrogens is 2. The number of methoxy groups -OCH3 is 1. The van der Waals surface area contributed by atoms with E-state index in [4.69, 9.17) is 14.7 Å². The van der Waals surface area contributed by atoms with Crippen molar-refractivity contribution in [2.24, 2.45) is 5.92 Å². The number of aromatic amines is 2. The molecule has 2 amide bonds. The summed E-state index contributed by atoms with van der Waals surface area (Å²) in [6.07, 6.45) is 3.38. The highest BCUT2D eigenvalue weighted by atomic mass is 16.5. The van der Waals surface area contributed by atoms with Crippen molar-refractivity contribution < 1.29 is 14.3 Å². The van der Waals surface area contributed by atoms with Gasteiger partial charge < -0.3 is 30.2 Å². The molecule has 2 aliphatic heterocycles. The van der Waals surface area contributed by atoms with Gasteiger partial charge in [-0.2, -0.15) is 0 Å². The number of ether oxygens (including phenoxy) is 1. The Morgan fingerprint density at radius 3 is 1.98 bits per heavy atom. The lowest BCUT2D eigenvalue weighted by atomic mass is 9.97. The van der Waals surface area contributed by atoms with E-state index < -0.39 is 12.1 Å². The summed E-state index contributed by atoms with van der Waals surface area (Å²) in [5.41, 5.74) is 8.40. The Kier molecular flexibility index (Phi) is 8.03. The first kappa shape index (κ1) is 31.1. The molecule has 10 nitrogen and oxygen atoms in total. The van der Waals surface area contributed by atoms with Crippen molar-refractivity contribution in [2.45, 2.75) is 57.7 Å². The number of aromatic nitrogens is 4. The van der Waals surface area contributed by atoms with Crippen molar-refractivity contribution in [3.05, 3.63) is 84.4 Å². The summed E-state index contributed by atoms with van der Waals surface area (Å²) in [7, 11) is 1.31. The molecule has 4 aromatic carbocycles. The summed E-state index contributed by atoms with van der Waals surface area (Å²) in [5, 5.41) is 8.60. The van der Waals surface area contributed by atoms with E-state index in [0.29, 0.717) is 12.6 Å². The van der Waals surface area contributed by atoms with Crippen LogP contribution < -0.4 is 10.6 Å². The maximum atomic E-state index is 13.6. The van der Waals surface area contributed by atoms with Crippen LogP contribution in [0.2, 0.25) is 0 Å². The first-order valence-electron chi connectivity index (χ1n) is 17.3. The molecule has 2 aromatic heterocycles. The van der Waals surface area contributed by atoms with Crippen LogP contribution in [0.5, 0.6) is 0 Å². The Morgan fingerprint density at radius 2 is 1.39 bits per heavy atom. The molecule has 8 rings (SSSR count). The number of alkyl carbamates (subject to hydrolysis) is 1. The second-order valence-corrected chi connectivity index (χ2v) is 13.7. The lowest BCUT2D eigenvalue weighted by Crippen LogP contribution is -2.51. The van der Waals surface area contributed by atoms with Crippen LogP contribution in [0.3, 0.4) is 0 Å². The number of likely N-dealkylation sites (tertiary alicyclic amines) is 1. The Labute approximate surface area is 284 Å². The number of hydrogen-bond acceptors (Lipinski definition) is 6. The number of nitrogens with zero attached hydrogens (tertiary/aromatic N) is 3. The standard InChI is InChI=1S/C39H41N7O3/c1-22(2)35(45-39(48)49-3)38(47)46-17-5-7-34(46)37-42-30-15-13-28(21-33(30)44-37)26-11-9-23-18-25(10-8-24(23)19-26)27-12-14-29-32(20-27)43-36(41-29)31-6-4-16-40-31/h8-15,18-22,31,34-35,40H,4-7,16-17H2,1-3H3,(H,41,43)(H,42,44)(H,45,48)/t31-,34-,35-/m0/s1. The zero-order chi connectivity index (χ0) is 33.6. The first-order chi connectivity index (χ1) is 23.8. The molecule has 0 bridgehead atoms. The number of rotatable bonds is 7. The smallest absolute Gasteiger partial charge is 0.407 e. The molecule has 250 valence electrons. The monoisotopic (exact) mass is 655 g/mol. The predicted octanol–water partition coefficient (Wildman–Crippen LogP) is 7.40. The molecular weight excluding hydrogens is 614 g/mol. The van der Waals surface area contributed by atoms with E-state index in [1.54, 1.807) is 0 Å². The first-order valence-corrected chi connectivity index (χ1v) is 17.3. The van der Waals surface area contributed by atoms with Crippen molar-refractivity contribution in [3.8, 4) is 22.3 Å². The number of amides is 2. The summed E-state index contributed by atoms with van der Waals surface area (Å²) in [6, 6.07) is 25.4. The third-order valence-electron chi connectivity index (χ3n) is 10.1. The highest BCUT2D eigenvalue weighted by Crippen LogP contribution is 2.35. The Bertz CT molecular complexity index is 2200. The Hall–Kier alpha value is -5.22.